The van der Waals surface area contributed by atoms with E-state index in [0.29, 0.717) is 5.00 Å². The van der Waals surface area contributed by atoms with Gasteiger partial charge in [-0.3, -0.25) is 0 Å². The Kier molecular flexibility index (Phi) is 3.07. The van der Waals surface area contributed by atoms with E-state index in [1.807, 2.05) is 17.5 Å². The number of hydrogen-bond acceptors (Lipinski definition) is 8. The van der Waals surface area contributed by atoms with E-state index in [4.69, 9.17) is 22.5 Å². The molecule has 2 aromatic rings. The number of hydrogen-bond donors (Lipinski definition) is 3. The molecule has 0 bridgehead atoms. The zero-order valence-electron chi connectivity index (χ0n) is 9.16. The summed E-state index contributed by atoms with van der Waals surface area (Å²) in [5.74, 6) is 0.0341. The first-order valence-corrected chi connectivity index (χ1v) is 5.71. The molecule has 0 saturated carbocycles. The minimum atomic E-state index is -0.0115. The maximum atomic E-state index is 8.91. The first-order chi connectivity index (χ1) is 8.63. The van der Waals surface area contributed by atoms with Gasteiger partial charge in [0.15, 0.2) is 11.5 Å². The predicted molar refractivity (Wildman–Crippen MR) is 70.7 cm³/mol. The van der Waals surface area contributed by atoms with Crippen molar-refractivity contribution < 1.29 is 0 Å². The summed E-state index contributed by atoms with van der Waals surface area (Å²) in [5.41, 5.74) is 17.3. The van der Waals surface area contributed by atoms with Crippen molar-refractivity contribution in [2.75, 3.05) is 17.2 Å². The Hall–Kier alpha value is -2.66. The SMILES string of the molecule is N#Cc1c(N)nc(N)c(N=Nc2cccs2)c1N. The summed E-state index contributed by atoms with van der Waals surface area (Å²) in [6, 6.07) is 5.49. The highest BCUT2D eigenvalue weighted by molar-refractivity contribution is 7.13. The summed E-state index contributed by atoms with van der Waals surface area (Å²) < 4.78 is 0. The Labute approximate surface area is 107 Å². The maximum absolute atomic E-state index is 8.91. The zero-order valence-corrected chi connectivity index (χ0v) is 9.98. The molecule has 0 saturated heterocycles. The van der Waals surface area contributed by atoms with Crippen LogP contribution in [0.25, 0.3) is 0 Å². The van der Waals surface area contributed by atoms with Crippen molar-refractivity contribution in [1.82, 2.24) is 4.98 Å². The van der Waals surface area contributed by atoms with Crippen molar-refractivity contribution >= 4 is 39.3 Å². The van der Waals surface area contributed by atoms with Gasteiger partial charge in [-0.2, -0.15) is 5.26 Å². The van der Waals surface area contributed by atoms with Gasteiger partial charge in [-0.1, -0.05) is 0 Å². The molecule has 0 aliphatic heterocycles. The molecule has 0 aliphatic rings. The summed E-state index contributed by atoms with van der Waals surface area (Å²) in [6.45, 7) is 0. The van der Waals surface area contributed by atoms with Crippen molar-refractivity contribution in [3.63, 3.8) is 0 Å². The highest BCUT2D eigenvalue weighted by Crippen LogP contribution is 2.35. The van der Waals surface area contributed by atoms with E-state index >= 15 is 0 Å². The highest BCUT2D eigenvalue weighted by atomic mass is 32.1. The summed E-state index contributed by atoms with van der Waals surface area (Å²) in [7, 11) is 0. The van der Waals surface area contributed by atoms with Crippen molar-refractivity contribution in [2.45, 2.75) is 0 Å². The third-order valence-electron chi connectivity index (χ3n) is 2.13. The second-order valence-corrected chi connectivity index (χ2v) is 4.21. The Balaban J connectivity index is 2.49. The largest absolute Gasteiger partial charge is 0.396 e. The average molecular weight is 259 g/mol. The van der Waals surface area contributed by atoms with Gasteiger partial charge in [0.1, 0.15) is 22.5 Å². The molecule has 6 N–H and O–H groups in total. The molecular formula is C10H9N7S. The van der Waals surface area contributed by atoms with Crippen molar-refractivity contribution in [1.29, 1.82) is 5.26 Å². The van der Waals surface area contributed by atoms with E-state index in [1.165, 1.54) is 11.3 Å². The van der Waals surface area contributed by atoms with Crippen molar-refractivity contribution in [2.24, 2.45) is 10.2 Å². The van der Waals surface area contributed by atoms with E-state index < -0.39 is 0 Å². The molecule has 8 heteroatoms. The Morgan fingerprint density at radius 1 is 1.22 bits per heavy atom. The van der Waals surface area contributed by atoms with Gasteiger partial charge in [0.2, 0.25) is 0 Å². The van der Waals surface area contributed by atoms with Crippen molar-refractivity contribution in [3.05, 3.63) is 23.1 Å². The Morgan fingerprint density at radius 3 is 2.61 bits per heavy atom. The summed E-state index contributed by atoms with van der Waals surface area (Å²) >= 11 is 1.41. The number of nitrogens with zero attached hydrogens (tertiary/aromatic N) is 4. The number of anilines is 3. The Bertz CT molecular complexity index is 639. The van der Waals surface area contributed by atoms with Crippen molar-refractivity contribution in [3.8, 4) is 6.07 Å². The lowest BCUT2D eigenvalue weighted by Gasteiger charge is -2.06. The van der Waals surface area contributed by atoms with Crippen LogP contribution in [0.2, 0.25) is 0 Å². The van der Waals surface area contributed by atoms with Gasteiger partial charge in [-0.05, 0) is 17.5 Å². The van der Waals surface area contributed by atoms with Gasteiger partial charge in [-0.15, -0.1) is 21.6 Å². The van der Waals surface area contributed by atoms with E-state index in [9.17, 15) is 0 Å². The molecule has 2 rings (SSSR count). The van der Waals surface area contributed by atoms with Gasteiger partial charge < -0.3 is 17.2 Å². The third kappa shape index (κ3) is 2.07. The fourth-order valence-electron chi connectivity index (χ4n) is 1.28. The molecule has 0 spiro atoms. The fourth-order valence-corrected chi connectivity index (χ4v) is 1.82. The number of nitrogen functional groups attached to an aromatic ring is 3. The van der Waals surface area contributed by atoms with E-state index in [2.05, 4.69) is 15.2 Å². The molecule has 2 aromatic heterocycles. The van der Waals surface area contributed by atoms with Crippen LogP contribution in [0.3, 0.4) is 0 Å². The van der Waals surface area contributed by atoms with Crippen LogP contribution in [0.1, 0.15) is 5.56 Å². The number of pyridine rings is 1. The molecule has 0 radical (unpaired) electrons. The second-order valence-electron chi connectivity index (χ2n) is 3.28. The lowest BCUT2D eigenvalue weighted by atomic mass is 10.2. The molecule has 0 unspecified atom stereocenters. The quantitative estimate of drug-likeness (QED) is 0.709. The predicted octanol–water partition coefficient (Wildman–Crippen LogP) is 2.18. The van der Waals surface area contributed by atoms with E-state index in [0.717, 1.165) is 0 Å². The highest BCUT2D eigenvalue weighted by Gasteiger charge is 2.14. The standard InChI is InChI=1S/C10H9N7S/c11-4-5-7(12)8(10(14)15-9(5)13)17-16-6-2-1-3-18-6/h1-3H,(H6,12,13,14,15). The lowest BCUT2D eigenvalue weighted by molar-refractivity contribution is 1.22. The van der Waals surface area contributed by atoms with Gasteiger partial charge in [0, 0.05) is 0 Å². The smallest absolute Gasteiger partial charge is 0.155 e. The first-order valence-electron chi connectivity index (χ1n) is 4.83. The first kappa shape index (κ1) is 11.8. The maximum Gasteiger partial charge on any atom is 0.155 e. The Morgan fingerprint density at radius 2 is 2.00 bits per heavy atom. The van der Waals surface area contributed by atoms with Crippen LogP contribution in [0, 0.1) is 11.3 Å². The number of aromatic nitrogens is 1. The van der Waals surface area contributed by atoms with Gasteiger partial charge in [0.05, 0.1) is 5.69 Å². The van der Waals surface area contributed by atoms with Crippen LogP contribution in [0.15, 0.2) is 27.7 Å². The van der Waals surface area contributed by atoms with Crippen LogP contribution in [0.4, 0.5) is 28.0 Å². The molecule has 0 fully saturated rings. The van der Waals surface area contributed by atoms with Gasteiger partial charge >= 0.3 is 0 Å². The molecule has 0 amide bonds. The number of nitrogens with two attached hydrogens (primary N) is 3. The second kappa shape index (κ2) is 4.68. The van der Waals surface area contributed by atoms with Gasteiger partial charge in [-0.25, -0.2) is 4.98 Å². The van der Waals surface area contributed by atoms with Crippen LogP contribution in [-0.2, 0) is 0 Å². The van der Waals surface area contributed by atoms with Crippen LogP contribution < -0.4 is 17.2 Å². The van der Waals surface area contributed by atoms with E-state index in [-0.39, 0.29) is 28.6 Å². The summed E-state index contributed by atoms with van der Waals surface area (Å²) in [4.78, 5) is 3.81. The third-order valence-corrected chi connectivity index (χ3v) is 2.88. The van der Waals surface area contributed by atoms with Crippen LogP contribution >= 0.6 is 11.3 Å². The monoisotopic (exact) mass is 259 g/mol. The average Bonchev–Trinajstić information content (AvgIpc) is 2.81. The minimum Gasteiger partial charge on any atom is -0.396 e. The summed E-state index contributed by atoms with van der Waals surface area (Å²) in [6.07, 6.45) is 0. The molecule has 7 nitrogen and oxygen atoms in total. The summed E-state index contributed by atoms with van der Waals surface area (Å²) in [5, 5.41) is 19.3. The topological polar surface area (TPSA) is 139 Å². The number of azo groups is 1. The molecule has 90 valence electrons. The zero-order chi connectivity index (χ0) is 13.1. The molecule has 0 aromatic carbocycles. The number of nitriles is 1. The minimum absolute atomic E-state index is 0.0115. The fraction of sp³-hybridized carbons (Fsp3) is 0. The number of thiophene rings is 1. The number of rotatable bonds is 2. The molecule has 0 aliphatic carbocycles. The van der Waals surface area contributed by atoms with Crippen LogP contribution in [-0.4, -0.2) is 4.98 Å². The van der Waals surface area contributed by atoms with Gasteiger partial charge in [0.25, 0.3) is 0 Å². The molecular weight excluding hydrogens is 250 g/mol. The molecule has 0 atom stereocenters. The molecule has 2 heterocycles. The van der Waals surface area contributed by atoms with E-state index in [1.54, 1.807) is 6.07 Å². The normalized spacial score (nSPS) is 10.6. The lowest BCUT2D eigenvalue weighted by Crippen LogP contribution is -2.04. The van der Waals surface area contributed by atoms with Crippen LogP contribution in [0.5, 0.6) is 0 Å². The molecule has 18 heavy (non-hydrogen) atoms.